The molecule has 0 fully saturated rings. The van der Waals surface area contributed by atoms with Crippen molar-refractivity contribution in [3.8, 4) is 6.07 Å². The lowest BCUT2D eigenvalue weighted by molar-refractivity contribution is 0.804. The van der Waals surface area contributed by atoms with Crippen LogP contribution in [-0.4, -0.2) is 4.57 Å². The van der Waals surface area contributed by atoms with Crippen LogP contribution in [0, 0.1) is 18.3 Å². The molecule has 0 bridgehead atoms. The van der Waals surface area contributed by atoms with Crippen LogP contribution in [0.4, 0.5) is 0 Å². The second kappa shape index (κ2) is 7.76. The van der Waals surface area contributed by atoms with Crippen LogP contribution in [0.25, 0.3) is 22.6 Å². The van der Waals surface area contributed by atoms with E-state index in [2.05, 4.69) is 35.8 Å². The topological polar surface area (TPSA) is 28.7 Å². The van der Waals surface area contributed by atoms with E-state index in [-0.39, 0.29) is 0 Å². The fourth-order valence-corrected chi connectivity index (χ4v) is 3.78. The average Bonchev–Trinajstić information content (AvgIpc) is 2.99. The minimum atomic E-state index is 0.657. The maximum absolute atomic E-state index is 9.74. The van der Waals surface area contributed by atoms with Gasteiger partial charge < -0.3 is 4.57 Å². The number of hydrogen-bond donors (Lipinski definition) is 0. The number of rotatable bonds is 4. The summed E-state index contributed by atoms with van der Waals surface area (Å²) in [5, 5.41) is 11.6. The van der Waals surface area contributed by atoms with Gasteiger partial charge in [-0.3, -0.25) is 0 Å². The summed E-state index contributed by atoms with van der Waals surface area (Å²) < 4.78 is 2.27. The molecule has 1 aromatic heterocycles. The normalized spacial score (nSPS) is 11.5. The molecule has 0 N–H and O–H groups in total. The van der Waals surface area contributed by atoms with Gasteiger partial charge in [0.2, 0.25) is 0 Å². The Labute approximate surface area is 169 Å². The van der Waals surface area contributed by atoms with Crippen LogP contribution in [0.5, 0.6) is 0 Å². The van der Waals surface area contributed by atoms with Gasteiger partial charge in [0.15, 0.2) is 0 Å². The number of fused-ring (bicyclic) bond motifs is 1. The first-order chi connectivity index (χ1) is 13.7. The molecule has 0 aliphatic heterocycles. The molecular weight excluding hydrogens is 364 g/mol. The van der Waals surface area contributed by atoms with Gasteiger partial charge in [0, 0.05) is 33.7 Å². The van der Waals surface area contributed by atoms with Crippen LogP contribution >= 0.6 is 11.6 Å². The lowest BCUT2D eigenvalue weighted by Crippen LogP contribution is -2.02. The summed E-state index contributed by atoms with van der Waals surface area (Å²) in [5.41, 5.74) is 5.98. The number of allylic oxidation sites excluding steroid dienone is 1. The monoisotopic (exact) mass is 382 g/mol. The van der Waals surface area contributed by atoms with E-state index in [0.29, 0.717) is 12.1 Å². The van der Waals surface area contributed by atoms with E-state index >= 15 is 0 Å². The Kier molecular flexibility index (Phi) is 5.02. The maximum atomic E-state index is 9.74. The number of para-hydroxylation sites is 1. The lowest BCUT2D eigenvalue weighted by Gasteiger charge is -2.10. The van der Waals surface area contributed by atoms with Crippen LogP contribution in [-0.2, 0) is 6.54 Å². The highest BCUT2D eigenvalue weighted by Crippen LogP contribution is 2.31. The number of nitrogens with zero attached hydrogens (tertiary/aromatic N) is 2. The summed E-state index contributed by atoms with van der Waals surface area (Å²) in [5.74, 6) is 0. The third-order valence-corrected chi connectivity index (χ3v) is 5.43. The van der Waals surface area contributed by atoms with Crippen molar-refractivity contribution in [1.82, 2.24) is 4.57 Å². The molecule has 3 heteroatoms. The van der Waals surface area contributed by atoms with E-state index in [4.69, 9.17) is 11.6 Å². The van der Waals surface area contributed by atoms with Gasteiger partial charge in [-0.25, -0.2) is 0 Å². The third kappa shape index (κ3) is 3.33. The first-order valence-corrected chi connectivity index (χ1v) is 9.55. The van der Waals surface area contributed by atoms with E-state index in [1.165, 1.54) is 0 Å². The molecule has 0 saturated heterocycles. The number of aromatic nitrogens is 1. The SMILES string of the molecule is Cc1c(/C=C(\C#N)c2ccccc2)c2ccccc2n1Cc1ccccc1Cl. The molecule has 136 valence electrons. The zero-order chi connectivity index (χ0) is 19.5. The molecule has 4 rings (SSSR count). The lowest BCUT2D eigenvalue weighted by atomic mass is 10.0. The fraction of sp³-hybridized carbons (Fsp3) is 0.0800. The van der Waals surface area contributed by atoms with Gasteiger partial charge in [-0.05, 0) is 36.3 Å². The highest BCUT2D eigenvalue weighted by atomic mass is 35.5. The van der Waals surface area contributed by atoms with Crippen LogP contribution in [0.1, 0.15) is 22.4 Å². The van der Waals surface area contributed by atoms with Crippen molar-refractivity contribution in [2.24, 2.45) is 0 Å². The minimum absolute atomic E-state index is 0.657. The molecule has 0 saturated carbocycles. The van der Waals surface area contributed by atoms with Crippen LogP contribution in [0.2, 0.25) is 5.02 Å². The van der Waals surface area contributed by atoms with Crippen molar-refractivity contribution >= 4 is 34.2 Å². The Morgan fingerprint density at radius 3 is 2.39 bits per heavy atom. The average molecular weight is 383 g/mol. The molecule has 0 amide bonds. The van der Waals surface area contributed by atoms with Gasteiger partial charge in [0.25, 0.3) is 0 Å². The first-order valence-electron chi connectivity index (χ1n) is 9.17. The van der Waals surface area contributed by atoms with Crippen molar-refractivity contribution in [3.63, 3.8) is 0 Å². The quantitative estimate of drug-likeness (QED) is 0.360. The minimum Gasteiger partial charge on any atom is -0.340 e. The molecule has 0 spiro atoms. The smallest absolute Gasteiger partial charge is 0.0998 e. The molecule has 4 aromatic rings. The largest absolute Gasteiger partial charge is 0.340 e. The van der Waals surface area contributed by atoms with E-state index in [0.717, 1.165) is 38.3 Å². The van der Waals surface area contributed by atoms with E-state index in [1.54, 1.807) is 0 Å². The van der Waals surface area contributed by atoms with Gasteiger partial charge in [-0.2, -0.15) is 5.26 Å². The maximum Gasteiger partial charge on any atom is 0.0998 e. The highest BCUT2D eigenvalue weighted by molar-refractivity contribution is 6.31. The molecule has 0 aliphatic carbocycles. The molecule has 28 heavy (non-hydrogen) atoms. The van der Waals surface area contributed by atoms with Gasteiger partial charge in [0.05, 0.1) is 11.6 Å². The summed E-state index contributed by atoms with van der Waals surface area (Å²) in [6.07, 6.45) is 2.00. The first kappa shape index (κ1) is 18.1. The van der Waals surface area contributed by atoms with E-state index < -0.39 is 0 Å². The standard InChI is InChI=1S/C25H19ClN2/c1-18-23(15-21(16-27)19-9-3-2-4-10-19)22-12-6-8-14-25(22)28(18)17-20-11-5-7-13-24(20)26/h2-15H,17H2,1H3/b21-15+. The predicted octanol–water partition coefficient (Wildman–Crippen LogP) is 6.72. The fourth-order valence-electron chi connectivity index (χ4n) is 3.58. The van der Waals surface area contributed by atoms with Crippen molar-refractivity contribution < 1.29 is 0 Å². The van der Waals surface area contributed by atoms with Crippen LogP contribution in [0.15, 0.2) is 78.9 Å². The summed E-state index contributed by atoms with van der Waals surface area (Å²) in [7, 11) is 0. The second-order valence-electron chi connectivity index (χ2n) is 6.73. The number of benzene rings is 3. The Morgan fingerprint density at radius 2 is 1.64 bits per heavy atom. The van der Waals surface area contributed by atoms with Gasteiger partial charge in [-0.1, -0.05) is 78.3 Å². The van der Waals surface area contributed by atoms with Gasteiger partial charge >= 0.3 is 0 Å². The second-order valence-corrected chi connectivity index (χ2v) is 7.14. The Hall–Kier alpha value is -3.28. The third-order valence-electron chi connectivity index (χ3n) is 5.06. The van der Waals surface area contributed by atoms with Crippen LogP contribution < -0.4 is 0 Å². The summed E-state index contributed by atoms with van der Waals surface area (Å²) in [6.45, 7) is 2.79. The zero-order valence-electron chi connectivity index (χ0n) is 15.6. The van der Waals surface area contributed by atoms with Crippen molar-refractivity contribution in [2.75, 3.05) is 0 Å². The predicted molar refractivity (Wildman–Crippen MR) is 117 cm³/mol. The van der Waals surface area contributed by atoms with Crippen molar-refractivity contribution in [3.05, 3.63) is 106 Å². The van der Waals surface area contributed by atoms with E-state index in [9.17, 15) is 5.26 Å². The summed E-state index contributed by atoms with van der Waals surface area (Å²) in [4.78, 5) is 0. The molecule has 3 aromatic carbocycles. The molecule has 2 nitrogen and oxygen atoms in total. The van der Waals surface area contributed by atoms with Crippen molar-refractivity contribution in [2.45, 2.75) is 13.5 Å². The van der Waals surface area contributed by atoms with Gasteiger partial charge in [0.1, 0.15) is 0 Å². The van der Waals surface area contributed by atoms with Crippen molar-refractivity contribution in [1.29, 1.82) is 5.26 Å². The Balaban J connectivity index is 1.89. The number of hydrogen-bond acceptors (Lipinski definition) is 1. The molecule has 0 aliphatic rings. The molecule has 1 heterocycles. The van der Waals surface area contributed by atoms with Gasteiger partial charge in [-0.15, -0.1) is 0 Å². The van der Waals surface area contributed by atoms with E-state index in [1.807, 2.05) is 66.7 Å². The Morgan fingerprint density at radius 1 is 0.964 bits per heavy atom. The summed E-state index contributed by atoms with van der Waals surface area (Å²) >= 11 is 6.40. The Bertz CT molecular complexity index is 1210. The highest BCUT2D eigenvalue weighted by Gasteiger charge is 2.14. The molecule has 0 atom stereocenters. The molecule has 0 radical (unpaired) electrons. The zero-order valence-corrected chi connectivity index (χ0v) is 16.3. The molecular formula is C25H19ClN2. The summed E-state index contributed by atoms with van der Waals surface area (Å²) in [6, 6.07) is 28.4. The van der Waals surface area contributed by atoms with Crippen LogP contribution in [0.3, 0.4) is 0 Å². The number of nitriles is 1. The molecule has 0 unspecified atom stereocenters. The number of halogens is 1.